The van der Waals surface area contributed by atoms with E-state index in [4.69, 9.17) is 4.74 Å². The summed E-state index contributed by atoms with van der Waals surface area (Å²) in [7, 11) is 0. The van der Waals surface area contributed by atoms with E-state index in [1.807, 2.05) is 6.92 Å². The Labute approximate surface area is 152 Å². The first-order chi connectivity index (χ1) is 10.2. The van der Waals surface area contributed by atoms with Crippen molar-refractivity contribution in [3.8, 4) is 5.75 Å². The van der Waals surface area contributed by atoms with Gasteiger partial charge in [-0.1, -0.05) is 46.8 Å². The van der Waals surface area contributed by atoms with Crippen molar-refractivity contribution in [2.75, 3.05) is 11.9 Å². The normalized spacial score (nSPS) is 17.0. The number of alkyl halides is 1. The Bertz CT molecular complexity index is 482. The van der Waals surface area contributed by atoms with Crippen LogP contribution in [-0.4, -0.2) is 11.9 Å². The van der Waals surface area contributed by atoms with Crippen LogP contribution in [0.15, 0.2) is 26.7 Å². The molecule has 2 rings (SSSR count). The summed E-state index contributed by atoms with van der Waals surface area (Å²) in [5, 5.41) is 0.958. The molecule has 4 heteroatoms. The first-order valence-electron chi connectivity index (χ1n) is 7.54. The molecule has 1 aliphatic carbocycles. The molecule has 0 saturated heterocycles. The van der Waals surface area contributed by atoms with Gasteiger partial charge in [-0.15, -0.1) is 0 Å². The fourth-order valence-corrected chi connectivity index (χ4v) is 4.97. The summed E-state index contributed by atoms with van der Waals surface area (Å²) in [5.41, 5.74) is 2.73. The zero-order chi connectivity index (χ0) is 15.2. The fourth-order valence-electron chi connectivity index (χ4n) is 2.90. The third-order valence-electron chi connectivity index (χ3n) is 3.95. The number of hydrogen-bond acceptors (Lipinski definition) is 1. The molecule has 0 atom stereocenters. The molecule has 0 bridgehead atoms. The minimum absolute atomic E-state index is 0.668. The van der Waals surface area contributed by atoms with Crippen molar-refractivity contribution in [3.05, 3.63) is 32.2 Å². The SMILES string of the molecule is CCOc1c(Br)cc(/C=C(/CBr)C2CCCCC2)cc1Br. The second kappa shape index (κ2) is 8.73. The Morgan fingerprint density at radius 2 is 1.81 bits per heavy atom. The van der Waals surface area contributed by atoms with E-state index >= 15 is 0 Å². The predicted octanol–water partition coefficient (Wildman–Crippen LogP) is 6.97. The number of allylic oxidation sites excluding steroid dienone is 1. The highest BCUT2D eigenvalue weighted by molar-refractivity contribution is 9.11. The Hall–Kier alpha value is 0.200. The van der Waals surface area contributed by atoms with E-state index in [0.717, 1.165) is 25.9 Å². The lowest BCUT2D eigenvalue weighted by Crippen LogP contribution is -2.10. The molecule has 0 aliphatic heterocycles. The van der Waals surface area contributed by atoms with Crippen LogP contribution >= 0.6 is 47.8 Å². The summed E-state index contributed by atoms with van der Waals surface area (Å²) >= 11 is 10.9. The van der Waals surface area contributed by atoms with Crippen LogP contribution in [0, 0.1) is 5.92 Å². The maximum absolute atomic E-state index is 5.65. The molecule has 0 N–H and O–H groups in total. The zero-order valence-corrected chi connectivity index (χ0v) is 17.1. The van der Waals surface area contributed by atoms with E-state index in [1.54, 1.807) is 0 Å². The molecule has 0 unspecified atom stereocenters. The van der Waals surface area contributed by atoms with Gasteiger partial charge in [-0.05, 0) is 75.2 Å². The molecule has 0 spiro atoms. The number of ether oxygens (including phenoxy) is 1. The van der Waals surface area contributed by atoms with Gasteiger partial charge < -0.3 is 4.74 Å². The molecule has 116 valence electrons. The van der Waals surface area contributed by atoms with Gasteiger partial charge in [0.25, 0.3) is 0 Å². The molecule has 0 amide bonds. The largest absolute Gasteiger partial charge is 0.492 e. The molecule has 1 nitrogen and oxygen atoms in total. The highest BCUT2D eigenvalue weighted by Crippen LogP contribution is 2.37. The average molecular weight is 481 g/mol. The molecule has 21 heavy (non-hydrogen) atoms. The van der Waals surface area contributed by atoms with Crippen LogP contribution in [0.2, 0.25) is 0 Å². The van der Waals surface area contributed by atoms with Gasteiger partial charge >= 0.3 is 0 Å². The van der Waals surface area contributed by atoms with Crippen LogP contribution in [0.1, 0.15) is 44.6 Å². The lowest BCUT2D eigenvalue weighted by Gasteiger charge is -2.23. The summed E-state index contributed by atoms with van der Waals surface area (Å²) in [4.78, 5) is 0. The maximum Gasteiger partial charge on any atom is 0.147 e. The van der Waals surface area contributed by atoms with Crippen molar-refractivity contribution in [2.24, 2.45) is 5.92 Å². The first kappa shape index (κ1) is 17.6. The third-order valence-corrected chi connectivity index (χ3v) is 5.77. The summed E-state index contributed by atoms with van der Waals surface area (Å²) < 4.78 is 7.65. The van der Waals surface area contributed by atoms with Gasteiger partial charge in [0.05, 0.1) is 15.6 Å². The van der Waals surface area contributed by atoms with E-state index in [2.05, 4.69) is 66.0 Å². The molecule has 1 aromatic rings. The van der Waals surface area contributed by atoms with Crippen molar-refractivity contribution in [3.63, 3.8) is 0 Å². The highest BCUT2D eigenvalue weighted by atomic mass is 79.9. The Kier molecular flexibility index (Phi) is 7.30. The maximum atomic E-state index is 5.65. The molecular formula is C17H21Br3O. The minimum atomic E-state index is 0.668. The van der Waals surface area contributed by atoms with Crippen LogP contribution < -0.4 is 4.74 Å². The van der Waals surface area contributed by atoms with Gasteiger partial charge in [0.15, 0.2) is 0 Å². The smallest absolute Gasteiger partial charge is 0.147 e. The van der Waals surface area contributed by atoms with Gasteiger partial charge in [0.2, 0.25) is 0 Å². The van der Waals surface area contributed by atoms with Crippen LogP contribution in [-0.2, 0) is 0 Å². The molecule has 0 radical (unpaired) electrons. The minimum Gasteiger partial charge on any atom is -0.492 e. The quantitative estimate of drug-likeness (QED) is 0.413. The van der Waals surface area contributed by atoms with Crippen LogP contribution in [0.25, 0.3) is 6.08 Å². The summed E-state index contributed by atoms with van der Waals surface area (Å²) in [5.74, 6) is 1.62. The van der Waals surface area contributed by atoms with Crippen molar-refractivity contribution in [1.29, 1.82) is 0 Å². The summed E-state index contributed by atoms with van der Waals surface area (Å²) in [6.45, 7) is 2.67. The predicted molar refractivity (Wildman–Crippen MR) is 101 cm³/mol. The Balaban J connectivity index is 2.25. The van der Waals surface area contributed by atoms with Crippen molar-refractivity contribution < 1.29 is 4.74 Å². The monoisotopic (exact) mass is 478 g/mol. The van der Waals surface area contributed by atoms with E-state index in [9.17, 15) is 0 Å². The van der Waals surface area contributed by atoms with E-state index in [1.165, 1.54) is 43.2 Å². The van der Waals surface area contributed by atoms with Crippen LogP contribution in [0.5, 0.6) is 5.75 Å². The van der Waals surface area contributed by atoms with Crippen LogP contribution in [0.4, 0.5) is 0 Å². The van der Waals surface area contributed by atoms with E-state index < -0.39 is 0 Å². The summed E-state index contributed by atoms with van der Waals surface area (Å²) in [6.07, 6.45) is 9.12. The Morgan fingerprint density at radius 1 is 1.19 bits per heavy atom. The summed E-state index contributed by atoms with van der Waals surface area (Å²) in [6, 6.07) is 4.28. The van der Waals surface area contributed by atoms with E-state index in [-0.39, 0.29) is 0 Å². The van der Waals surface area contributed by atoms with Gasteiger partial charge in [-0.25, -0.2) is 0 Å². The standard InChI is InChI=1S/C17H21Br3O/c1-2-21-17-15(19)9-12(10-16(17)20)8-14(11-18)13-6-4-3-5-7-13/h8-10,13H,2-7,11H2,1H3/b14-8-. The van der Waals surface area contributed by atoms with Gasteiger partial charge in [0, 0.05) is 5.33 Å². The number of hydrogen-bond donors (Lipinski definition) is 0. The number of halogens is 3. The Morgan fingerprint density at radius 3 is 2.33 bits per heavy atom. The molecule has 1 aromatic carbocycles. The first-order valence-corrected chi connectivity index (χ1v) is 10.2. The molecule has 1 fully saturated rings. The van der Waals surface area contributed by atoms with Gasteiger partial charge in [-0.3, -0.25) is 0 Å². The second-order valence-corrected chi connectivity index (χ2v) is 7.70. The van der Waals surface area contributed by atoms with Crippen molar-refractivity contribution >= 4 is 53.9 Å². The molecule has 0 aromatic heterocycles. The van der Waals surface area contributed by atoms with Gasteiger partial charge in [-0.2, -0.15) is 0 Å². The lowest BCUT2D eigenvalue weighted by molar-refractivity contribution is 0.336. The third kappa shape index (κ3) is 4.84. The van der Waals surface area contributed by atoms with Crippen molar-refractivity contribution in [1.82, 2.24) is 0 Å². The van der Waals surface area contributed by atoms with Crippen LogP contribution in [0.3, 0.4) is 0 Å². The molecular weight excluding hydrogens is 460 g/mol. The van der Waals surface area contributed by atoms with E-state index in [0.29, 0.717) is 6.61 Å². The molecule has 1 saturated carbocycles. The fraction of sp³-hybridized carbons (Fsp3) is 0.529. The topological polar surface area (TPSA) is 9.23 Å². The average Bonchev–Trinajstić information content (AvgIpc) is 2.49. The zero-order valence-electron chi connectivity index (χ0n) is 12.3. The number of benzene rings is 1. The lowest BCUT2D eigenvalue weighted by atomic mass is 9.84. The molecule has 0 heterocycles. The molecule has 1 aliphatic rings. The second-order valence-electron chi connectivity index (χ2n) is 5.43. The highest BCUT2D eigenvalue weighted by Gasteiger charge is 2.17. The van der Waals surface area contributed by atoms with Gasteiger partial charge in [0.1, 0.15) is 5.75 Å². The number of rotatable bonds is 5. The van der Waals surface area contributed by atoms with Crippen molar-refractivity contribution in [2.45, 2.75) is 39.0 Å².